The molecule has 4 heteroatoms. The Kier molecular flexibility index (Phi) is 5.45. The zero-order valence-electron chi connectivity index (χ0n) is 10.5. The van der Waals surface area contributed by atoms with Crippen molar-refractivity contribution >= 4 is 17.5 Å². The molecule has 0 aromatic heterocycles. The van der Waals surface area contributed by atoms with Crippen LogP contribution in [-0.2, 0) is 11.3 Å². The summed E-state index contributed by atoms with van der Waals surface area (Å²) in [5, 5.41) is 3.59. The number of benzene rings is 1. The topological polar surface area (TPSA) is 32.3 Å². The van der Waals surface area contributed by atoms with Gasteiger partial charge in [0.25, 0.3) is 0 Å². The predicted molar refractivity (Wildman–Crippen MR) is 71.1 cm³/mol. The lowest BCUT2D eigenvalue weighted by Crippen LogP contribution is -2.38. The van der Waals surface area contributed by atoms with E-state index in [0.29, 0.717) is 13.1 Å². The number of carbonyl (C=O) groups excluding carboxylic acids is 1. The van der Waals surface area contributed by atoms with E-state index in [1.165, 1.54) is 0 Å². The highest BCUT2D eigenvalue weighted by Crippen LogP contribution is 2.11. The maximum atomic E-state index is 11.5. The maximum absolute atomic E-state index is 11.5. The van der Waals surface area contributed by atoms with E-state index in [2.05, 4.69) is 5.32 Å². The molecule has 0 atom stereocenters. The normalized spacial score (nSPS) is 10.9. The van der Waals surface area contributed by atoms with Gasteiger partial charge in [-0.1, -0.05) is 23.7 Å². The summed E-state index contributed by atoms with van der Waals surface area (Å²) < 4.78 is 0. The molecule has 1 aromatic rings. The minimum Gasteiger partial charge on any atom is -0.353 e. The first-order valence-corrected chi connectivity index (χ1v) is 6.07. The second-order valence-corrected chi connectivity index (χ2v) is 4.96. The van der Waals surface area contributed by atoms with Gasteiger partial charge in [-0.05, 0) is 38.6 Å². The molecule has 0 fully saturated rings. The first-order chi connectivity index (χ1) is 7.97. The zero-order chi connectivity index (χ0) is 12.8. The van der Waals surface area contributed by atoms with Crippen molar-refractivity contribution in [3.05, 3.63) is 34.9 Å². The van der Waals surface area contributed by atoms with E-state index in [1.54, 1.807) is 0 Å². The fourth-order valence-electron chi connectivity index (χ4n) is 1.62. The Morgan fingerprint density at radius 2 is 2.18 bits per heavy atom. The molecule has 0 spiro atoms. The van der Waals surface area contributed by atoms with E-state index in [0.717, 1.165) is 10.6 Å². The monoisotopic (exact) mass is 254 g/mol. The third-order valence-corrected chi connectivity index (χ3v) is 2.44. The summed E-state index contributed by atoms with van der Waals surface area (Å²) in [7, 11) is 1.92. The molecule has 0 aliphatic carbocycles. The highest BCUT2D eigenvalue weighted by Gasteiger charge is 2.08. The fraction of sp³-hybridized carbons (Fsp3) is 0.462. The van der Waals surface area contributed by atoms with Gasteiger partial charge >= 0.3 is 0 Å². The van der Waals surface area contributed by atoms with Crippen LogP contribution in [0, 0.1) is 0 Å². The zero-order valence-corrected chi connectivity index (χ0v) is 11.3. The van der Waals surface area contributed by atoms with Crippen LogP contribution in [0.3, 0.4) is 0 Å². The summed E-state index contributed by atoms with van der Waals surface area (Å²) in [6.07, 6.45) is 0. The van der Waals surface area contributed by atoms with Crippen LogP contribution in [0.4, 0.5) is 0 Å². The Hall–Kier alpha value is -1.06. The fourth-order valence-corrected chi connectivity index (χ4v) is 1.83. The van der Waals surface area contributed by atoms with Gasteiger partial charge in [0, 0.05) is 17.6 Å². The minimum absolute atomic E-state index is 0.0459. The Morgan fingerprint density at radius 3 is 2.76 bits per heavy atom. The summed E-state index contributed by atoms with van der Waals surface area (Å²) in [6, 6.07) is 7.86. The lowest BCUT2D eigenvalue weighted by atomic mass is 10.2. The molecule has 1 rings (SSSR count). The van der Waals surface area contributed by atoms with Gasteiger partial charge in [-0.25, -0.2) is 0 Å². The first kappa shape index (κ1) is 14.0. The Bertz CT molecular complexity index is 379. The molecule has 0 aliphatic rings. The van der Waals surface area contributed by atoms with Crippen LogP contribution in [0.2, 0.25) is 5.02 Å². The molecular weight excluding hydrogens is 236 g/mol. The van der Waals surface area contributed by atoms with Crippen molar-refractivity contribution in [3.63, 3.8) is 0 Å². The second kappa shape index (κ2) is 6.62. The average Bonchev–Trinajstić information content (AvgIpc) is 2.14. The van der Waals surface area contributed by atoms with Crippen LogP contribution in [-0.4, -0.2) is 30.4 Å². The highest BCUT2D eigenvalue weighted by molar-refractivity contribution is 6.30. The van der Waals surface area contributed by atoms with Crippen molar-refractivity contribution in [3.8, 4) is 0 Å². The summed E-state index contributed by atoms with van der Waals surface area (Å²) in [4.78, 5) is 13.5. The highest BCUT2D eigenvalue weighted by atomic mass is 35.5. The van der Waals surface area contributed by atoms with Crippen LogP contribution >= 0.6 is 11.6 Å². The number of hydrogen-bond acceptors (Lipinski definition) is 2. The second-order valence-electron chi connectivity index (χ2n) is 4.52. The number of nitrogens with zero attached hydrogens (tertiary/aromatic N) is 1. The van der Waals surface area contributed by atoms with E-state index < -0.39 is 0 Å². The van der Waals surface area contributed by atoms with E-state index in [4.69, 9.17) is 11.6 Å². The van der Waals surface area contributed by atoms with Crippen molar-refractivity contribution in [2.24, 2.45) is 0 Å². The van der Waals surface area contributed by atoms with Gasteiger partial charge < -0.3 is 5.32 Å². The van der Waals surface area contributed by atoms with Crippen LogP contribution in [0.1, 0.15) is 19.4 Å². The van der Waals surface area contributed by atoms with E-state index in [-0.39, 0.29) is 11.9 Å². The number of carbonyl (C=O) groups is 1. The van der Waals surface area contributed by atoms with Crippen molar-refractivity contribution < 1.29 is 4.79 Å². The number of rotatable bonds is 5. The van der Waals surface area contributed by atoms with E-state index in [1.807, 2.05) is 50.1 Å². The smallest absolute Gasteiger partial charge is 0.234 e. The molecule has 0 radical (unpaired) electrons. The lowest BCUT2D eigenvalue weighted by molar-refractivity contribution is -0.122. The van der Waals surface area contributed by atoms with Crippen LogP contribution in [0.15, 0.2) is 24.3 Å². The third kappa shape index (κ3) is 5.71. The predicted octanol–water partition coefficient (Wildman–Crippen LogP) is 2.30. The van der Waals surface area contributed by atoms with E-state index >= 15 is 0 Å². The molecule has 0 aliphatic heterocycles. The quantitative estimate of drug-likeness (QED) is 0.875. The van der Waals surface area contributed by atoms with Gasteiger partial charge in [0.2, 0.25) is 5.91 Å². The van der Waals surface area contributed by atoms with Crippen molar-refractivity contribution in [2.45, 2.75) is 26.4 Å². The molecule has 0 bridgehead atoms. The molecule has 1 aromatic carbocycles. The summed E-state index contributed by atoms with van der Waals surface area (Å²) >= 11 is 5.91. The molecule has 0 saturated heterocycles. The third-order valence-electron chi connectivity index (χ3n) is 2.20. The molecule has 3 nitrogen and oxygen atoms in total. The van der Waals surface area contributed by atoms with Gasteiger partial charge in [-0.2, -0.15) is 0 Å². The number of nitrogens with one attached hydrogen (secondary N) is 1. The Balaban J connectivity index is 2.44. The number of likely N-dealkylation sites (N-methyl/N-ethyl adjacent to an activating group) is 1. The molecule has 94 valence electrons. The first-order valence-electron chi connectivity index (χ1n) is 5.69. The Morgan fingerprint density at radius 1 is 1.47 bits per heavy atom. The Labute approximate surface area is 108 Å². The minimum atomic E-state index is 0.0459. The van der Waals surface area contributed by atoms with Crippen LogP contribution in [0.25, 0.3) is 0 Å². The molecule has 0 unspecified atom stereocenters. The maximum Gasteiger partial charge on any atom is 0.234 e. The van der Waals surface area contributed by atoms with Crippen molar-refractivity contribution in [2.75, 3.05) is 13.6 Å². The molecule has 17 heavy (non-hydrogen) atoms. The average molecular weight is 255 g/mol. The van der Waals surface area contributed by atoms with Gasteiger partial charge in [0.15, 0.2) is 0 Å². The summed E-state index contributed by atoms with van der Waals surface area (Å²) in [6.45, 7) is 5.01. The van der Waals surface area contributed by atoms with Crippen molar-refractivity contribution in [1.82, 2.24) is 10.2 Å². The van der Waals surface area contributed by atoms with E-state index in [9.17, 15) is 4.79 Å². The molecule has 0 saturated carbocycles. The number of halogens is 1. The van der Waals surface area contributed by atoms with Gasteiger partial charge in [0.1, 0.15) is 0 Å². The summed E-state index contributed by atoms with van der Waals surface area (Å²) in [5.74, 6) is 0.0459. The lowest BCUT2D eigenvalue weighted by Gasteiger charge is -2.17. The molecule has 0 heterocycles. The largest absolute Gasteiger partial charge is 0.353 e. The number of hydrogen-bond donors (Lipinski definition) is 1. The van der Waals surface area contributed by atoms with Crippen LogP contribution in [0.5, 0.6) is 0 Å². The molecular formula is C13H19ClN2O. The SMILES string of the molecule is CC(C)NC(=O)CN(C)Cc1cccc(Cl)c1. The van der Waals surface area contributed by atoms with Crippen molar-refractivity contribution in [1.29, 1.82) is 0 Å². The van der Waals surface area contributed by atoms with Gasteiger partial charge in [-0.15, -0.1) is 0 Å². The molecule has 1 amide bonds. The summed E-state index contributed by atoms with van der Waals surface area (Å²) in [5.41, 5.74) is 1.11. The van der Waals surface area contributed by atoms with Gasteiger partial charge in [-0.3, -0.25) is 9.69 Å². The standard InChI is InChI=1S/C13H19ClN2O/c1-10(2)15-13(17)9-16(3)8-11-5-4-6-12(14)7-11/h4-7,10H,8-9H2,1-3H3,(H,15,17). The molecule has 1 N–H and O–H groups in total. The van der Waals surface area contributed by atoms with Gasteiger partial charge in [0.05, 0.1) is 6.54 Å². The van der Waals surface area contributed by atoms with Crippen LogP contribution < -0.4 is 5.32 Å². The number of amides is 1.